The average Bonchev–Trinajstić information content (AvgIpc) is 3.58. The predicted octanol–water partition coefficient (Wildman–Crippen LogP) is 1.90. The molecule has 2 aliphatic rings. The van der Waals surface area contributed by atoms with Crippen molar-refractivity contribution in [3.63, 3.8) is 0 Å². The van der Waals surface area contributed by atoms with Crippen LogP contribution in [0, 0.1) is 5.92 Å². The molecule has 0 bridgehead atoms. The van der Waals surface area contributed by atoms with Crippen LogP contribution in [0.2, 0.25) is 0 Å². The van der Waals surface area contributed by atoms with Gasteiger partial charge in [0.1, 0.15) is 5.75 Å². The molecule has 1 aliphatic carbocycles. The number of hydrogen-bond acceptors (Lipinski definition) is 7. The number of nitrogens with zero attached hydrogens (tertiary/aromatic N) is 3. The predicted molar refractivity (Wildman–Crippen MR) is 113 cm³/mol. The molecule has 1 saturated carbocycles. The molecule has 160 valence electrons. The quantitative estimate of drug-likeness (QED) is 0.451. The fourth-order valence-corrected chi connectivity index (χ4v) is 4.12. The number of methoxy groups -OCH3 is 1. The molecule has 2 fully saturated rings. The van der Waals surface area contributed by atoms with E-state index in [9.17, 15) is 4.79 Å². The van der Waals surface area contributed by atoms with Gasteiger partial charge in [0.15, 0.2) is 0 Å². The first kappa shape index (κ1) is 20.6. The molecule has 1 aromatic heterocycles. The molecule has 2 unspecified atom stereocenters. The molecule has 8 heteroatoms. The van der Waals surface area contributed by atoms with Crippen LogP contribution in [0.3, 0.4) is 0 Å². The Morgan fingerprint density at radius 2 is 1.90 bits per heavy atom. The molecule has 0 radical (unpaired) electrons. The highest BCUT2D eigenvalue weighted by Gasteiger charge is 2.38. The van der Waals surface area contributed by atoms with Gasteiger partial charge in [0.2, 0.25) is 11.9 Å². The number of anilines is 1. The van der Waals surface area contributed by atoms with Crippen LogP contribution in [0.15, 0.2) is 36.7 Å². The summed E-state index contributed by atoms with van der Waals surface area (Å²) in [4.78, 5) is 22.2. The third-order valence-corrected chi connectivity index (χ3v) is 6.08. The van der Waals surface area contributed by atoms with Crippen LogP contribution < -0.4 is 20.4 Å². The lowest BCUT2D eigenvalue weighted by Crippen LogP contribution is -2.38. The second-order valence-electron chi connectivity index (χ2n) is 8.16. The molecule has 1 saturated heterocycles. The summed E-state index contributed by atoms with van der Waals surface area (Å²) in [6, 6.07) is 9.01. The lowest BCUT2D eigenvalue weighted by atomic mass is 9.97. The Labute approximate surface area is 176 Å². The normalized spacial score (nSPS) is 21.3. The Morgan fingerprint density at radius 3 is 2.53 bits per heavy atom. The smallest absolute Gasteiger partial charge is 0.247 e. The van der Waals surface area contributed by atoms with E-state index in [2.05, 4.69) is 32.3 Å². The maximum atomic E-state index is 11.2. The van der Waals surface area contributed by atoms with E-state index >= 15 is 0 Å². The van der Waals surface area contributed by atoms with Gasteiger partial charge < -0.3 is 15.0 Å². The first-order valence-electron chi connectivity index (χ1n) is 10.5. The van der Waals surface area contributed by atoms with Crippen LogP contribution in [0.25, 0.3) is 0 Å². The van der Waals surface area contributed by atoms with E-state index in [1.807, 2.05) is 12.1 Å². The molecule has 2 heterocycles. The van der Waals surface area contributed by atoms with Gasteiger partial charge in [-0.2, -0.15) is 0 Å². The summed E-state index contributed by atoms with van der Waals surface area (Å²) in [5.41, 5.74) is 3.69. The van der Waals surface area contributed by atoms with E-state index < -0.39 is 5.91 Å². The molecule has 30 heavy (non-hydrogen) atoms. The molecule has 0 spiro atoms. The van der Waals surface area contributed by atoms with Gasteiger partial charge in [-0.25, -0.2) is 15.4 Å². The summed E-state index contributed by atoms with van der Waals surface area (Å²) in [7, 11) is 1.70. The molecule has 1 amide bonds. The highest BCUT2D eigenvalue weighted by molar-refractivity contribution is 5.77. The first-order chi connectivity index (χ1) is 14.7. The molecule has 4 rings (SSSR count). The highest BCUT2D eigenvalue weighted by atomic mass is 16.5. The number of ether oxygens (including phenoxy) is 1. The van der Waals surface area contributed by atoms with E-state index in [4.69, 9.17) is 9.94 Å². The number of hydroxylamine groups is 1. The summed E-state index contributed by atoms with van der Waals surface area (Å²) in [6.07, 6.45) is 6.81. The van der Waals surface area contributed by atoms with E-state index in [-0.39, 0.29) is 6.42 Å². The monoisotopic (exact) mass is 411 g/mol. The van der Waals surface area contributed by atoms with Gasteiger partial charge in [-0.1, -0.05) is 12.1 Å². The van der Waals surface area contributed by atoms with Crippen molar-refractivity contribution in [1.29, 1.82) is 0 Å². The Bertz CT molecular complexity index is 835. The third-order valence-electron chi connectivity index (χ3n) is 6.08. The summed E-state index contributed by atoms with van der Waals surface area (Å²) in [6.45, 7) is 2.94. The van der Waals surface area contributed by atoms with Crippen molar-refractivity contribution in [1.82, 2.24) is 20.8 Å². The zero-order valence-corrected chi connectivity index (χ0v) is 17.3. The lowest BCUT2D eigenvalue weighted by molar-refractivity contribution is -0.128. The molecular weight excluding hydrogens is 382 g/mol. The minimum Gasteiger partial charge on any atom is -0.497 e. The van der Waals surface area contributed by atoms with E-state index in [0.29, 0.717) is 29.4 Å². The number of rotatable bonds is 8. The molecule has 1 aromatic carbocycles. The largest absolute Gasteiger partial charge is 0.497 e. The van der Waals surface area contributed by atoms with Crippen molar-refractivity contribution in [3.8, 4) is 5.75 Å². The maximum Gasteiger partial charge on any atom is 0.247 e. The number of carbonyl (C=O) groups is 1. The topological polar surface area (TPSA) is 99.6 Å². The number of hydrogen-bond donors (Lipinski definition) is 3. The summed E-state index contributed by atoms with van der Waals surface area (Å²) < 4.78 is 5.24. The number of nitrogens with one attached hydrogen (secondary N) is 2. The van der Waals surface area contributed by atoms with Crippen LogP contribution in [-0.2, 0) is 11.2 Å². The lowest BCUT2D eigenvalue weighted by Gasteiger charge is -2.32. The number of aromatic nitrogens is 2. The van der Waals surface area contributed by atoms with Crippen molar-refractivity contribution >= 4 is 11.9 Å². The van der Waals surface area contributed by atoms with Gasteiger partial charge in [0.05, 0.1) is 13.5 Å². The molecule has 3 N–H and O–H groups in total. The minimum atomic E-state index is -0.468. The number of benzene rings is 1. The maximum absolute atomic E-state index is 11.2. The molecule has 8 nitrogen and oxygen atoms in total. The standard InChI is InChI=1S/C22H29N5O3/c1-30-18-4-2-17(3-5-18)19-11-20(19)23-12-15-6-8-27(9-7-15)22-24-13-16(14-25-22)10-21(28)26-29/h2-5,13-15,19-20,23,29H,6-12H2,1H3,(H,26,28). The number of amides is 1. The van der Waals surface area contributed by atoms with Crippen molar-refractivity contribution in [2.24, 2.45) is 5.92 Å². The number of piperidine rings is 1. The first-order valence-corrected chi connectivity index (χ1v) is 10.5. The second-order valence-corrected chi connectivity index (χ2v) is 8.16. The summed E-state index contributed by atoms with van der Waals surface area (Å²) in [5.74, 6) is 2.44. The fourth-order valence-electron chi connectivity index (χ4n) is 4.12. The van der Waals surface area contributed by atoms with Gasteiger partial charge in [-0.3, -0.25) is 10.0 Å². The van der Waals surface area contributed by atoms with Gasteiger partial charge in [-0.15, -0.1) is 0 Å². The van der Waals surface area contributed by atoms with E-state index in [1.54, 1.807) is 25.0 Å². The van der Waals surface area contributed by atoms with Gasteiger partial charge in [-0.05, 0) is 55.0 Å². The highest BCUT2D eigenvalue weighted by Crippen LogP contribution is 2.41. The Kier molecular flexibility index (Phi) is 6.44. The SMILES string of the molecule is COc1ccc(C2CC2NCC2CCN(c3ncc(CC(=O)NO)cn3)CC2)cc1. The zero-order chi connectivity index (χ0) is 20.9. The second kappa shape index (κ2) is 9.40. The molecule has 2 atom stereocenters. The zero-order valence-electron chi connectivity index (χ0n) is 17.3. The Balaban J connectivity index is 1.18. The van der Waals surface area contributed by atoms with Gasteiger partial charge in [0, 0.05) is 37.4 Å². The third kappa shape index (κ3) is 5.06. The van der Waals surface area contributed by atoms with E-state index in [1.165, 1.54) is 12.0 Å². The van der Waals surface area contributed by atoms with Crippen LogP contribution in [-0.4, -0.2) is 53.9 Å². The van der Waals surface area contributed by atoms with Crippen LogP contribution in [0.4, 0.5) is 5.95 Å². The van der Waals surface area contributed by atoms with Crippen molar-refractivity contribution in [2.45, 2.75) is 37.6 Å². The fraction of sp³-hybridized carbons (Fsp3) is 0.500. The van der Waals surface area contributed by atoms with Crippen LogP contribution in [0.1, 0.15) is 36.3 Å². The van der Waals surface area contributed by atoms with Crippen LogP contribution >= 0.6 is 0 Å². The van der Waals surface area contributed by atoms with Gasteiger partial charge >= 0.3 is 0 Å². The van der Waals surface area contributed by atoms with Crippen molar-refractivity contribution < 1.29 is 14.7 Å². The minimum absolute atomic E-state index is 0.0726. The molecular formula is C22H29N5O3. The Hall–Kier alpha value is -2.71. The van der Waals surface area contributed by atoms with Crippen LogP contribution in [0.5, 0.6) is 5.75 Å². The molecule has 2 aromatic rings. The average molecular weight is 412 g/mol. The summed E-state index contributed by atoms with van der Waals surface area (Å²) >= 11 is 0. The van der Waals surface area contributed by atoms with Crippen molar-refractivity contribution in [2.75, 3.05) is 31.6 Å². The van der Waals surface area contributed by atoms with Crippen molar-refractivity contribution in [3.05, 3.63) is 47.8 Å². The summed E-state index contributed by atoms with van der Waals surface area (Å²) in [5, 5.41) is 12.3. The van der Waals surface area contributed by atoms with Gasteiger partial charge in [0.25, 0.3) is 0 Å². The molecule has 1 aliphatic heterocycles. The van der Waals surface area contributed by atoms with E-state index in [0.717, 1.165) is 38.2 Å². The Morgan fingerprint density at radius 1 is 1.20 bits per heavy atom. The number of carbonyl (C=O) groups excluding carboxylic acids is 1.